The Balaban J connectivity index is 1.52. The summed E-state index contributed by atoms with van der Waals surface area (Å²) in [6.45, 7) is 1.48. The van der Waals surface area contributed by atoms with Crippen molar-refractivity contribution in [1.82, 2.24) is 14.6 Å². The fourth-order valence-electron chi connectivity index (χ4n) is 2.47. The molecule has 0 unspecified atom stereocenters. The summed E-state index contributed by atoms with van der Waals surface area (Å²) in [6, 6.07) is 15.0. The molecule has 0 aliphatic carbocycles. The van der Waals surface area contributed by atoms with E-state index >= 15 is 0 Å². The maximum atomic E-state index is 11.1. The number of nitrogens with one attached hydrogen (secondary N) is 2. The van der Waals surface area contributed by atoms with E-state index in [1.54, 1.807) is 4.52 Å². The number of halogens is 1. The molecular weight excluding hydrogens is 370 g/mol. The van der Waals surface area contributed by atoms with Gasteiger partial charge in [-0.3, -0.25) is 4.79 Å². The molecule has 0 aliphatic rings. The van der Waals surface area contributed by atoms with Crippen LogP contribution in [0.3, 0.4) is 0 Å². The van der Waals surface area contributed by atoms with Gasteiger partial charge in [0.25, 0.3) is 0 Å². The van der Waals surface area contributed by atoms with Crippen LogP contribution in [0.25, 0.3) is 16.2 Å². The molecular formula is C18H14ClN5OS. The number of rotatable bonds is 4. The van der Waals surface area contributed by atoms with E-state index in [1.807, 2.05) is 54.7 Å². The summed E-state index contributed by atoms with van der Waals surface area (Å²) in [5.41, 5.74) is 3.49. The van der Waals surface area contributed by atoms with E-state index in [1.165, 1.54) is 18.3 Å². The van der Waals surface area contributed by atoms with E-state index in [4.69, 9.17) is 11.6 Å². The molecule has 2 heterocycles. The lowest BCUT2D eigenvalue weighted by molar-refractivity contribution is -0.114. The first kappa shape index (κ1) is 16.6. The van der Waals surface area contributed by atoms with Crippen molar-refractivity contribution in [3.05, 3.63) is 59.8 Å². The van der Waals surface area contributed by atoms with Crippen LogP contribution in [0.5, 0.6) is 0 Å². The smallest absolute Gasteiger partial charge is 0.221 e. The molecule has 1 amide bonds. The highest BCUT2D eigenvalue weighted by molar-refractivity contribution is 7.20. The minimum atomic E-state index is -0.0941. The lowest BCUT2D eigenvalue weighted by Gasteiger charge is -2.04. The van der Waals surface area contributed by atoms with Crippen molar-refractivity contribution in [2.45, 2.75) is 6.92 Å². The van der Waals surface area contributed by atoms with Gasteiger partial charge in [-0.25, -0.2) is 9.50 Å². The average molecular weight is 384 g/mol. The lowest BCUT2D eigenvalue weighted by Crippen LogP contribution is -2.05. The molecule has 4 aromatic rings. The van der Waals surface area contributed by atoms with Gasteiger partial charge >= 0.3 is 0 Å². The molecule has 8 heteroatoms. The van der Waals surface area contributed by atoms with Gasteiger partial charge in [-0.2, -0.15) is 0 Å². The second-order valence-corrected chi connectivity index (χ2v) is 7.04. The van der Waals surface area contributed by atoms with Gasteiger partial charge in [-0.1, -0.05) is 35.1 Å². The number of amides is 1. The molecule has 2 aromatic heterocycles. The Kier molecular flexibility index (Phi) is 4.32. The maximum Gasteiger partial charge on any atom is 0.221 e. The summed E-state index contributed by atoms with van der Waals surface area (Å²) in [7, 11) is 0. The van der Waals surface area contributed by atoms with E-state index in [9.17, 15) is 4.79 Å². The summed E-state index contributed by atoms with van der Waals surface area (Å²) in [4.78, 5) is 16.5. The molecule has 0 saturated heterocycles. The molecule has 2 N–H and O–H groups in total. The number of carbonyl (C=O) groups excluding carboxylic acids is 1. The van der Waals surface area contributed by atoms with Gasteiger partial charge in [-0.15, -0.1) is 5.10 Å². The number of fused-ring (bicyclic) bond motifs is 1. The Hall–Kier alpha value is -2.90. The van der Waals surface area contributed by atoms with Crippen LogP contribution in [0, 0.1) is 0 Å². The number of anilines is 3. The third-order valence-corrected chi connectivity index (χ3v) is 4.73. The van der Waals surface area contributed by atoms with E-state index < -0.39 is 0 Å². The molecule has 0 saturated carbocycles. The van der Waals surface area contributed by atoms with Crippen LogP contribution in [-0.4, -0.2) is 20.5 Å². The van der Waals surface area contributed by atoms with Crippen molar-refractivity contribution in [3.8, 4) is 11.3 Å². The van der Waals surface area contributed by atoms with Crippen LogP contribution in [0.4, 0.5) is 16.5 Å². The van der Waals surface area contributed by atoms with Gasteiger partial charge in [0, 0.05) is 28.9 Å². The van der Waals surface area contributed by atoms with Gasteiger partial charge < -0.3 is 10.6 Å². The number of nitrogens with zero attached hydrogens (tertiary/aromatic N) is 3. The fraction of sp³-hybridized carbons (Fsp3) is 0.0556. The van der Waals surface area contributed by atoms with Crippen LogP contribution < -0.4 is 10.6 Å². The standard InChI is InChI=1S/C18H14ClN5OS/c1-11(25)20-14-6-8-15(9-7-14)21-17-23-24-10-16(22-18(24)26-17)12-2-4-13(19)5-3-12/h2-10H,1H3,(H,20,25)(H,21,23). The van der Waals surface area contributed by atoms with Gasteiger partial charge in [-0.05, 0) is 36.4 Å². The van der Waals surface area contributed by atoms with E-state index in [0.29, 0.717) is 5.02 Å². The van der Waals surface area contributed by atoms with Crippen molar-refractivity contribution in [2.24, 2.45) is 0 Å². The zero-order valence-electron chi connectivity index (χ0n) is 13.7. The molecule has 0 aliphatic heterocycles. The number of hydrogen-bond acceptors (Lipinski definition) is 5. The Morgan fingerprint density at radius 2 is 1.77 bits per heavy atom. The molecule has 130 valence electrons. The minimum absolute atomic E-state index is 0.0941. The summed E-state index contributed by atoms with van der Waals surface area (Å²) in [6.07, 6.45) is 1.89. The third kappa shape index (κ3) is 3.54. The molecule has 0 bridgehead atoms. The summed E-state index contributed by atoms with van der Waals surface area (Å²) in [5.74, 6) is -0.0941. The van der Waals surface area contributed by atoms with Crippen molar-refractivity contribution in [1.29, 1.82) is 0 Å². The van der Waals surface area contributed by atoms with Crippen LogP contribution in [0.1, 0.15) is 6.92 Å². The van der Waals surface area contributed by atoms with E-state index in [-0.39, 0.29) is 5.91 Å². The highest BCUT2D eigenvalue weighted by Gasteiger charge is 2.10. The number of carbonyl (C=O) groups is 1. The predicted molar refractivity (Wildman–Crippen MR) is 105 cm³/mol. The fourth-order valence-corrected chi connectivity index (χ4v) is 3.40. The first-order valence-corrected chi connectivity index (χ1v) is 9.03. The zero-order valence-corrected chi connectivity index (χ0v) is 15.3. The highest BCUT2D eigenvalue weighted by Crippen LogP contribution is 2.27. The molecule has 4 rings (SSSR count). The van der Waals surface area contributed by atoms with E-state index in [0.717, 1.165) is 32.7 Å². The number of aromatic nitrogens is 3. The quantitative estimate of drug-likeness (QED) is 0.530. The van der Waals surface area contributed by atoms with Crippen LogP contribution in [0.15, 0.2) is 54.7 Å². The highest BCUT2D eigenvalue weighted by atomic mass is 35.5. The molecule has 0 atom stereocenters. The number of benzene rings is 2. The van der Waals surface area contributed by atoms with Gasteiger partial charge in [0.15, 0.2) is 0 Å². The third-order valence-electron chi connectivity index (χ3n) is 3.64. The number of imidazole rings is 1. The van der Waals surface area contributed by atoms with Gasteiger partial charge in [0.2, 0.25) is 16.0 Å². The molecule has 6 nitrogen and oxygen atoms in total. The largest absolute Gasteiger partial charge is 0.330 e. The molecule has 0 spiro atoms. The van der Waals surface area contributed by atoms with Crippen molar-refractivity contribution < 1.29 is 4.79 Å². The Bertz CT molecular complexity index is 1040. The lowest BCUT2D eigenvalue weighted by atomic mass is 10.2. The van der Waals surface area contributed by atoms with E-state index in [2.05, 4.69) is 20.7 Å². The minimum Gasteiger partial charge on any atom is -0.330 e. The average Bonchev–Trinajstić information content (AvgIpc) is 3.15. The Morgan fingerprint density at radius 3 is 2.42 bits per heavy atom. The van der Waals surface area contributed by atoms with Crippen LogP contribution in [0.2, 0.25) is 5.02 Å². The second-order valence-electron chi connectivity index (χ2n) is 5.65. The summed E-state index contributed by atoms with van der Waals surface area (Å²) < 4.78 is 1.75. The zero-order chi connectivity index (χ0) is 18.1. The van der Waals surface area contributed by atoms with Crippen molar-refractivity contribution >= 4 is 50.3 Å². The Morgan fingerprint density at radius 1 is 1.08 bits per heavy atom. The van der Waals surface area contributed by atoms with Crippen LogP contribution >= 0.6 is 22.9 Å². The topological polar surface area (TPSA) is 71.3 Å². The Labute approximate surface area is 158 Å². The van der Waals surface area contributed by atoms with Gasteiger partial charge in [0.05, 0.1) is 11.9 Å². The summed E-state index contributed by atoms with van der Waals surface area (Å²) >= 11 is 7.38. The van der Waals surface area contributed by atoms with Gasteiger partial charge in [0.1, 0.15) is 0 Å². The SMILES string of the molecule is CC(=O)Nc1ccc(Nc2nn3cc(-c4ccc(Cl)cc4)nc3s2)cc1. The monoisotopic (exact) mass is 383 g/mol. The summed E-state index contributed by atoms with van der Waals surface area (Å²) in [5, 5.41) is 11.9. The first-order chi connectivity index (χ1) is 12.6. The maximum absolute atomic E-state index is 11.1. The first-order valence-electron chi connectivity index (χ1n) is 7.84. The normalized spacial score (nSPS) is 10.8. The van der Waals surface area contributed by atoms with Crippen LogP contribution in [-0.2, 0) is 4.79 Å². The predicted octanol–water partition coefficient (Wildman–Crippen LogP) is 4.81. The second kappa shape index (κ2) is 6.78. The molecule has 0 radical (unpaired) electrons. The van der Waals surface area contributed by atoms with Crippen molar-refractivity contribution in [3.63, 3.8) is 0 Å². The molecule has 2 aromatic carbocycles. The molecule has 26 heavy (non-hydrogen) atoms. The molecule has 0 fully saturated rings. The van der Waals surface area contributed by atoms with Crippen molar-refractivity contribution in [2.75, 3.05) is 10.6 Å². The number of hydrogen-bond donors (Lipinski definition) is 2.